The maximum atomic E-state index is 12.3. The maximum Gasteiger partial charge on any atom is 0.416 e. The summed E-state index contributed by atoms with van der Waals surface area (Å²) in [5.41, 5.74) is -1.11. The molecule has 0 fully saturated rings. The molecule has 1 aromatic rings. The lowest BCUT2D eigenvalue weighted by atomic mass is 10.2. The van der Waals surface area contributed by atoms with E-state index < -0.39 is 17.6 Å². The number of hydrogen-bond donors (Lipinski definition) is 0. The van der Waals surface area contributed by atoms with Crippen molar-refractivity contribution in [3.05, 3.63) is 34.6 Å². The molecular weight excluding hydrogens is 196 g/mol. The van der Waals surface area contributed by atoms with E-state index in [1.54, 1.807) is 0 Å². The molecule has 0 atom stereocenters. The van der Waals surface area contributed by atoms with Gasteiger partial charge in [-0.3, -0.25) is 0 Å². The lowest BCUT2D eigenvalue weighted by Gasteiger charge is -2.05. The van der Waals surface area contributed by atoms with E-state index >= 15 is 0 Å². The second-order valence-corrected chi connectivity index (χ2v) is 2.47. The molecule has 0 saturated heterocycles. The van der Waals surface area contributed by atoms with Gasteiger partial charge in [0.1, 0.15) is 5.82 Å². The van der Waals surface area contributed by atoms with Crippen LogP contribution in [-0.2, 0) is 6.18 Å². The van der Waals surface area contributed by atoms with Gasteiger partial charge in [0.05, 0.1) is 10.6 Å². The predicted molar refractivity (Wildman–Crippen MR) is 35.2 cm³/mol. The molecule has 0 aliphatic heterocycles. The van der Waals surface area contributed by atoms with Crippen LogP contribution in [0.1, 0.15) is 5.56 Å². The fourth-order valence-corrected chi connectivity index (χ4v) is 0.872. The van der Waals surface area contributed by atoms with Crippen LogP contribution in [0.3, 0.4) is 0 Å². The molecule has 12 heavy (non-hydrogen) atoms. The Labute approximate surface area is 70.8 Å². The van der Waals surface area contributed by atoms with Crippen LogP contribution in [0.2, 0.25) is 5.02 Å². The van der Waals surface area contributed by atoms with E-state index in [0.29, 0.717) is 12.1 Å². The maximum absolute atomic E-state index is 12.3. The first-order chi connectivity index (χ1) is 5.39. The quantitative estimate of drug-likeness (QED) is 0.560. The molecule has 1 aromatic carbocycles. The first kappa shape index (κ1) is 9.32. The summed E-state index contributed by atoms with van der Waals surface area (Å²) in [6.45, 7) is 0. The standard InChI is InChI=1S/C7H2ClF4/c8-5-1-4(7(10,11)12)2-6(9)3-5/h1-2H. The third-order valence-electron chi connectivity index (χ3n) is 1.13. The normalized spacial score (nSPS) is 11.8. The van der Waals surface area contributed by atoms with Crippen molar-refractivity contribution in [3.63, 3.8) is 0 Å². The van der Waals surface area contributed by atoms with Crippen LogP contribution in [-0.4, -0.2) is 0 Å². The van der Waals surface area contributed by atoms with Crippen LogP contribution in [0.25, 0.3) is 0 Å². The van der Waals surface area contributed by atoms with Crippen molar-refractivity contribution >= 4 is 11.6 Å². The zero-order chi connectivity index (χ0) is 9.35. The molecule has 0 aromatic heterocycles. The molecule has 0 amide bonds. The van der Waals surface area contributed by atoms with Crippen LogP contribution >= 0.6 is 11.6 Å². The molecule has 0 aliphatic rings. The molecule has 0 bridgehead atoms. The predicted octanol–water partition coefficient (Wildman–Crippen LogP) is 3.30. The molecule has 0 N–H and O–H groups in total. The number of alkyl halides is 3. The summed E-state index contributed by atoms with van der Waals surface area (Å²) in [5.74, 6) is -1.12. The van der Waals surface area contributed by atoms with Gasteiger partial charge in [-0.25, -0.2) is 4.39 Å². The third-order valence-corrected chi connectivity index (χ3v) is 1.33. The minimum Gasteiger partial charge on any atom is -0.206 e. The Morgan fingerprint density at radius 2 is 1.83 bits per heavy atom. The first-order valence-electron chi connectivity index (χ1n) is 2.85. The monoisotopic (exact) mass is 197 g/mol. The molecule has 0 aliphatic carbocycles. The molecule has 0 unspecified atom stereocenters. The lowest BCUT2D eigenvalue weighted by molar-refractivity contribution is -0.137. The zero-order valence-corrected chi connectivity index (χ0v) is 6.30. The van der Waals surface area contributed by atoms with Gasteiger partial charge in [-0.2, -0.15) is 13.2 Å². The van der Waals surface area contributed by atoms with E-state index in [1.807, 2.05) is 6.07 Å². The fourth-order valence-electron chi connectivity index (χ4n) is 0.665. The van der Waals surface area contributed by atoms with Crippen LogP contribution in [0.15, 0.2) is 12.1 Å². The third kappa shape index (κ3) is 2.11. The Morgan fingerprint density at radius 3 is 2.25 bits per heavy atom. The SMILES string of the molecule is Fc1[c]c(Cl)cc(C(F)(F)F)c1. The van der Waals surface area contributed by atoms with Crippen molar-refractivity contribution in [2.45, 2.75) is 6.18 Å². The summed E-state index contributed by atoms with van der Waals surface area (Å²) in [7, 11) is 0. The molecular formula is C7H2ClF4. The molecule has 0 spiro atoms. The Kier molecular flexibility index (Phi) is 2.28. The summed E-state index contributed by atoms with van der Waals surface area (Å²) < 4.78 is 48.0. The van der Waals surface area contributed by atoms with E-state index in [0.717, 1.165) is 0 Å². The summed E-state index contributed by atoms with van der Waals surface area (Å²) in [5, 5.41) is -0.387. The Balaban J connectivity index is 3.18. The summed E-state index contributed by atoms with van der Waals surface area (Å²) >= 11 is 5.16. The van der Waals surface area contributed by atoms with Crippen molar-refractivity contribution in [3.8, 4) is 0 Å². The highest BCUT2D eigenvalue weighted by Crippen LogP contribution is 2.31. The number of hydrogen-bond acceptors (Lipinski definition) is 0. The number of halogens is 5. The molecule has 1 rings (SSSR count). The second kappa shape index (κ2) is 2.94. The minimum absolute atomic E-state index is 0.339. The zero-order valence-electron chi connectivity index (χ0n) is 5.54. The average molecular weight is 198 g/mol. The minimum atomic E-state index is -4.57. The smallest absolute Gasteiger partial charge is 0.206 e. The largest absolute Gasteiger partial charge is 0.416 e. The Hall–Kier alpha value is -0.770. The fraction of sp³-hybridized carbons (Fsp3) is 0.143. The van der Waals surface area contributed by atoms with Crippen molar-refractivity contribution in [2.75, 3.05) is 0 Å². The molecule has 0 nitrogen and oxygen atoms in total. The first-order valence-corrected chi connectivity index (χ1v) is 3.23. The number of benzene rings is 1. The summed E-state index contributed by atoms with van der Waals surface area (Å²) in [6, 6.07) is 2.84. The van der Waals surface area contributed by atoms with Gasteiger partial charge in [0.25, 0.3) is 0 Å². The van der Waals surface area contributed by atoms with Crippen LogP contribution in [0.4, 0.5) is 17.6 Å². The Morgan fingerprint density at radius 1 is 1.25 bits per heavy atom. The van der Waals surface area contributed by atoms with Crippen molar-refractivity contribution in [2.24, 2.45) is 0 Å². The van der Waals surface area contributed by atoms with Crippen LogP contribution < -0.4 is 0 Å². The van der Waals surface area contributed by atoms with E-state index in [4.69, 9.17) is 11.6 Å². The molecule has 1 radical (unpaired) electrons. The topological polar surface area (TPSA) is 0 Å². The van der Waals surface area contributed by atoms with Gasteiger partial charge in [0.2, 0.25) is 0 Å². The van der Waals surface area contributed by atoms with Gasteiger partial charge in [-0.1, -0.05) is 11.6 Å². The van der Waals surface area contributed by atoms with Gasteiger partial charge in [0.15, 0.2) is 0 Å². The van der Waals surface area contributed by atoms with E-state index in [9.17, 15) is 17.6 Å². The van der Waals surface area contributed by atoms with Crippen LogP contribution in [0.5, 0.6) is 0 Å². The van der Waals surface area contributed by atoms with E-state index in [2.05, 4.69) is 0 Å². The highest BCUT2D eigenvalue weighted by Gasteiger charge is 2.31. The van der Waals surface area contributed by atoms with Gasteiger partial charge >= 0.3 is 6.18 Å². The van der Waals surface area contributed by atoms with Crippen molar-refractivity contribution < 1.29 is 17.6 Å². The second-order valence-electron chi connectivity index (χ2n) is 2.06. The average Bonchev–Trinajstić information content (AvgIpc) is 1.82. The van der Waals surface area contributed by atoms with Gasteiger partial charge in [-0.05, 0) is 12.1 Å². The molecule has 0 saturated carbocycles. The van der Waals surface area contributed by atoms with Crippen molar-refractivity contribution in [1.29, 1.82) is 0 Å². The van der Waals surface area contributed by atoms with Gasteiger partial charge in [-0.15, -0.1) is 0 Å². The number of rotatable bonds is 0. The van der Waals surface area contributed by atoms with Gasteiger partial charge < -0.3 is 0 Å². The molecule has 5 heteroatoms. The highest BCUT2D eigenvalue weighted by molar-refractivity contribution is 6.30. The summed E-state index contributed by atoms with van der Waals surface area (Å²) in [6.07, 6.45) is -4.57. The van der Waals surface area contributed by atoms with E-state index in [1.165, 1.54) is 0 Å². The molecule has 0 heterocycles. The van der Waals surface area contributed by atoms with E-state index in [-0.39, 0.29) is 5.02 Å². The van der Waals surface area contributed by atoms with Crippen LogP contribution in [0, 0.1) is 11.9 Å². The summed E-state index contributed by atoms with van der Waals surface area (Å²) in [4.78, 5) is 0. The van der Waals surface area contributed by atoms with Crippen molar-refractivity contribution in [1.82, 2.24) is 0 Å². The van der Waals surface area contributed by atoms with Gasteiger partial charge in [0, 0.05) is 6.07 Å². The Bertz CT molecular complexity index is 272. The lowest BCUT2D eigenvalue weighted by Crippen LogP contribution is -2.05. The molecule has 65 valence electrons. The highest BCUT2D eigenvalue weighted by atomic mass is 35.5.